The van der Waals surface area contributed by atoms with E-state index < -0.39 is 11.9 Å². The molecule has 1 aliphatic rings. The zero-order valence-electron chi connectivity index (χ0n) is 18.7. The number of methoxy groups -OCH3 is 1. The van der Waals surface area contributed by atoms with Gasteiger partial charge in [-0.25, -0.2) is 0 Å². The number of aromatic nitrogens is 1. The number of fused-ring (bicyclic) bond motifs is 1. The maximum Gasteiger partial charge on any atom is 0.308 e. The molecule has 1 saturated heterocycles. The number of piperidine rings is 1. The van der Waals surface area contributed by atoms with Crippen LogP contribution in [0.3, 0.4) is 0 Å². The number of likely N-dealkylation sites (tertiary alicyclic amines) is 1. The van der Waals surface area contributed by atoms with Crippen molar-refractivity contribution in [3.8, 4) is 5.75 Å². The van der Waals surface area contributed by atoms with Crippen LogP contribution in [0.5, 0.6) is 5.75 Å². The van der Waals surface area contributed by atoms with Crippen molar-refractivity contribution in [3.63, 3.8) is 0 Å². The van der Waals surface area contributed by atoms with Crippen molar-refractivity contribution >= 4 is 46.0 Å². The van der Waals surface area contributed by atoms with Crippen LogP contribution in [0.4, 0.5) is 0 Å². The van der Waals surface area contributed by atoms with Crippen molar-refractivity contribution < 1.29 is 19.4 Å². The molecule has 32 heavy (non-hydrogen) atoms. The van der Waals surface area contributed by atoms with Crippen molar-refractivity contribution in [1.29, 1.82) is 0 Å². The number of carboxylic acid groups (broad SMARTS) is 1. The van der Waals surface area contributed by atoms with Crippen LogP contribution in [-0.4, -0.2) is 65.0 Å². The van der Waals surface area contributed by atoms with Crippen LogP contribution >= 0.6 is 23.4 Å². The average Bonchev–Trinajstić information content (AvgIpc) is 2.80. The van der Waals surface area contributed by atoms with Gasteiger partial charge in [0.15, 0.2) is 5.78 Å². The first kappa shape index (κ1) is 24.8. The lowest BCUT2D eigenvalue weighted by molar-refractivity contribution is -0.146. The molecule has 0 amide bonds. The minimum atomic E-state index is -0.773. The molecule has 3 rings (SSSR count). The number of carbonyl (C=O) groups excluding carboxylic acids is 1. The van der Waals surface area contributed by atoms with Gasteiger partial charge in [0.1, 0.15) is 5.75 Å². The quantitative estimate of drug-likeness (QED) is 0.358. The molecule has 174 valence electrons. The largest absolute Gasteiger partial charge is 0.497 e. The van der Waals surface area contributed by atoms with Crippen LogP contribution in [0.25, 0.3) is 10.9 Å². The Balaban J connectivity index is 1.66. The van der Waals surface area contributed by atoms with Gasteiger partial charge >= 0.3 is 5.97 Å². The molecular weight excluding hydrogens is 448 g/mol. The van der Waals surface area contributed by atoms with E-state index in [2.05, 4.69) is 16.8 Å². The van der Waals surface area contributed by atoms with Crippen molar-refractivity contribution in [3.05, 3.63) is 35.0 Å². The van der Waals surface area contributed by atoms with Gasteiger partial charge in [0, 0.05) is 42.4 Å². The number of pyridine rings is 1. The number of hydrogen-bond acceptors (Lipinski definition) is 6. The van der Waals surface area contributed by atoms with E-state index in [4.69, 9.17) is 16.3 Å². The zero-order valence-corrected chi connectivity index (χ0v) is 20.3. The van der Waals surface area contributed by atoms with E-state index in [0.717, 1.165) is 37.4 Å². The summed E-state index contributed by atoms with van der Waals surface area (Å²) in [6.45, 7) is 4.52. The molecule has 1 aromatic carbocycles. The maximum atomic E-state index is 13.2. The predicted octanol–water partition coefficient (Wildman–Crippen LogP) is 5.03. The fourth-order valence-corrected chi connectivity index (χ4v) is 5.47. The summed E-state index contributed by atoms with van der Waals surface area (Å²) in [5.74, 6) is 1.48. The molecule has 0 radical (unpaired) electrons. The minimum Gasteiger partial charge on any atom is -0.497 e. The van der Waals surface area contributed by atoms with Crippen LogP contribution in [0.15, 0.2) is 24.4 Å². The summed E-state index contributed by atoms with van der Waals surface area (Å²) in [5, 5.41) is 10.8. The summed E-state index contributed by atoms with van der Waals surface area (Å²) in [5.41, 5.74) is 1.11. The minimum absolute atomic E-state index is 0.0163. The van der Waals surface area contributed by atoms with Gasteiger partial charge in [0.25, 0.3) is 0 Å². The van der Waals surface area contributed by atoms with Gasteiger partial charge in [-0.3, -0.25) is 14.6 Å². The predicted molar refractivity (Wildman–Crippen MR) is 130 cm³/mol. The summed E-state index contributed by atoms with van der Waals surface area (Å²) in [4.78, 5) is 31.6. The maximum absolute atomic E-state index is 13.2. The summed E-state index contributed by atoms with van der Waals surface area (Å²) < 4.78 is 5.29. The highest BCUT2D eigenvalue weighted by Crippen LogP contribution is 2.32. The number of thioether (sulfide) groups is 1. The summed E-state index contributed by atoms with van der Waals surface area (Å²) >= 11 is 8.27. The van der Waals surface area contributed by atoms with Gasteiger partial charge in [-0.2, -0.15) is 11.8 Å². The molecule has 1 aliphatic heterocycles. The smallest absolute Gasteiger partial charge is 0.308 e. The van der Waals surface area contributed by atoms with Gasteiger partial charge in [0.05, 0.1) is 23.6 Å². The number of carbonyl (C=O) groups is 2. The fourth-order valence-electron chi connectivity index (χ4n) is 4.34. The number of hydrogen-bond donors (Lipinski definition) is 1. The molecule has 0 aliphatic carbocycles. The number of ether oxygens (including phenoxy) is 1. The van der Waals surface area contributed by atoms with Crippen LogP contribution in [0.1, 0.15) is 43.0 Å². The van der Waals surface area contributed by atoms with Crippen molar-refractivity contribution in [1.82, 2.24) is 9.88 Å². The van der Waals surface area contributed by atoms with E-state index in [-0.39, 0.29) is 18.1 Å². The van der Waals surface area contributed by atoms with E-state index in [0.29, 0.717) is 40.2 Å². The van der Waals surface area contributed by atoms with E-state index >= 15 is 0 Å². The van der Waals surface area contributed by atoms with E-state index in [1.54, 1.807) is 25.3 Å². The molecular formula is C24H31ClN2O4S. The van der Waals surface area contributed by atoms with E-state index in [9.17, 15) is 14.7 Å². The second-order valence-corrected chi connectivity index (χ2v) is 9.86. The average molecular weight is 479 g/mol. The van der Waals surface area contributed by atoms with Crippen LogP contribution in [0.2, 0.25) is 5.02 Å². The number of nitrogens with zero attached hydrogens (tertiary/aromatic N) is 2. The van der Waals surface area contributed by atoms with Crippen LogP contribution < -0.4 is 4.74 Å². The number of aliphatic carboxylic acids is 1. The fraction of sp³-hybridized carbons (Fsp3) is 0.542. The molecule has 2 aromatic rings. The third kappa shape index (κ3) is 6.15. The van der Waals surface area contributed by atoms with Gasteiger partial charge in [0.2, 0.25) is 0 Å². The Kier molecular flexibility index (Phi) is 9.20. The van der Waals surface area contributed by atoms with E-state index in [1.165, 1.54) is 6.20 Å². The standard InChI is InChI=1S/C24H31ClN2O4S/c1-3-11-32-12-10-27-9-8-16(19(15-27)24(29)30)4-7-22(28)23-18-13-17(31-2)5-6-21(18)26-14-20(23)25/h5-6,13-14,16,19H,3-4,7-12,15H2,1-2H3,(H,29,30). The zero-order chi connectivity index (χ0) is 23.1. The Morgan fingerprint density at radius 2 is 2.16 bits per heavy atom. The Bertz CT molecular complexity index is 955. The lowest BCUT2D eigenvalue weighted by Crippen LogP contribution is -2.44. The molecule has 8 heteroatoms. The van der Waals surface area contributed by atoms with E-state index in [1.807, 2.05) is 11.8 Å². The SMILES string of the molecule is CCCSCCN1CCC(CCC(=O)c2c(Cl)cnc3ccc(OC)cc23)C(C(=O)O)C1. The monoisotopic (exact) mass is 478 g/mol. The Morgan fingerprint density at radius 3 is 2.88 bits per heavy atom. The normalized spacial score (nSPS) is 19.2. The van der Waals surface area contributed by atoms with Gasteiger partial charge in [-0.15, -0.1) is 0 Å². The molecule has 2 heterocycles. The molecule has 2 unspecified atom stereocenters. The number of carboxylic acids is 1. The molecule has 6 nitrogen and oxygen atoms in total. The summed E-state index contributed by atoms with van der Waals surface area (Å²) in [6.07, 6.45) is 4.25. The molecule has 0 bridgehead atoms. The lowest BCUT2D eigenvalue weighted by atomic mass is 9.81. The first-order valence-electron chi connectivity index (χ1n) is 11.1. The number of rotatable bonds is 11. The Hall–Kier alpha value is -1.83. The molecule has 1 N–H and O–H groups in total. The first-order valence-corrected chi connectivity index (χ1v) is 12.7. The second kappa shape index (κ2) is 11.9. The second-order valence-electron chi connectivity index (χ2n) is 8.23. The lowest BCUT2D eigenvalue weighted by Gasteiger charge is -2.36. The van der Waals surface area contributed by atoms with Crippen molar-refractivity contribution in [2.45, 2.75) is 32.6 Å². The Labute approximate surface area is 198 Å². The highest BCUT2D eigenvalue weighted by molar-refractivity contribution is 7.99. The third-order valence-corrected chi connectivity index (χ3v) is 7.56. The molecule has 2 atom stereocenters. The molecule has 1 aromatic heterocycles. The van der Waals surface area contributed by atoms with Crippen LogP contribution in [-0.2, 0) is 4.79 Å². The highest BCUT2D eigenvalue weighted by atomic mass is 35.5. The molecule has 0 saturated carbocycles. The number of halogens is 1. The number of ketones is 1. The van der Waals surface area contributed by atoms with Crippen LogP contribution in [0, 0.1) is 11.8 Å². The number of benzene rings is 1. The third-order valence-electron chi connectivity index (χ3n) is 6.11. The first-order chi connectivity index (χ1) is 15.4. The van der Waals surface area contributed by atoms with Crippen molar-refractivity contribution in [2.75, 3.05) is 38.2 Å². The summed E-state index contributed by atoms with van der Waals surface area (Å²) in [7, 11) is 1.57. The molecule has 0 spiro atoms. The van der Waals surface area contributed by atoms with Gasteiger partial charge in [-0.05, 0) is 55.7 Å². The Morgan fingerprint density at radius 1 is 1.34 bits per heavy atom. The highest BCUT2D eigenvalue weighted by Gasteiger charge is 2.34. The van der Waals surface area contributed by atoms with Gasteiger partial charge in [-0.1, -0.05) is 18.5 Å². The van der Waals surface area contributed by atoms with Gasteiger partial charge < -0.3 is 14.7 Å². The molecule has 1 fully saturated rings. The topological polar surface area (TPSA) is 79.7 Å². The number of Topliss-reactive ketones (excluding diaryl/α,β-unsaturated/α-hetero) is 1. The van der Waals surface area contributed by atoms with Crippen molar-refractivity contribution in [2.24, 2.45) is 11.8 Å². The summed E-state index contributed by atoms with van der Waals surface area (Å²) in [6, 6.07) is 5.37.